The topological polar surface area (TPSA) is 90.1 Å². The summed E-state index contributed by atoms with van der Waals surface area (Å²) in [5.74, 6) is -1.60. The number of nitrogens with zero attached hydrogens (tertiary/aromatic N) is 4. The number of carboxylic acids is 2. The second kappa shape index (κ2) is 11.8. The van der Waals surface area contributed by atoms with E-state index in [4.69, 9.17) is 10.2 Å². The number of hydrogen-bond donors (Lipinski definition) is 2. The van der Waals surface area contributed by atoms with Crippen LogP contribution < -0.4 is 18.3 Å². The molecule has 0 amide bonds. The normalized spacial score (nSPS) is 10.8. The van der Waals surface area contributed by atoms with Gasteiger partial charge in [-0.1, -0.05) is 0 Å². The van der Waals surface area contributed by atoms with Gasteiger partial charge in [0, 0.05) is 48.5 Å². The molecule has 0 saturated heterocycles. The highest BCUT2D eigenvalue weighted by Gasteiger charge is 2.11. The highest BCUT2D eigenvalue weighted by Crippen LogP contribution is 2.16. The zero-order valence-corrected chi connectivity index (χ0v) is 20.0. The maximum Gasteiger partial charge on any atom is 0.309 e. The van der Waals surface area contributed by atoms with Crippen molar-refractivity contribution in [1.82, 2.24) is 0 Å². The van der Waals surface area contributed by atoms with Crippen molar-refractivity contribution in [3.8, 4) is 22.3 Å². The van der Waals surface area contributed by atoms with Gasteiger partial charge in [0.2, 0.25) is 13.1 Å². The molecule has 0 aromatic carbocycles. The molecule has 0 spiro atoms. The van der Waals surface area contributed by atoms with E-state index in [1.54, 1.807) is 0 Å². The van der Waals surface area contributed by atoms with E-state index in [9.17, 15) is 9.59 Å². The number of rotatable bonds is 11. The van der Waals surface area contributed by atoms with Crippen LogP contribution in [-0.2, 0) is 35.8 Å². The molecule has 0 fully saturated rings. The maximum atomic E-state index is 10.7. The third-order valence-electron chi connectivity index (χ3n) is 6.02. The number of hydrogen-bond acceptors (Lipinski definition) is 2. The van der Waals surface area contributed by atoms with Gasteiger partial charge in [-0.2, -0.15) is 9.13 Å². The van der Waals surface area contributed by atoms with Gasteiger partial charge in [0.1, 0.15) is 12.8 Å². The van der Waals surface area contributed by atoms with Gasteiger partial charge in [-0.15, -0.1) is 0 Å². The van der Waals surface area contributed by atoms with Crippen molar-refractivity contribution in [2.24, 2.45) is 0 Å². The molecular weight excluding hydrogens is 456 g/mol. The van der Waals surface area contributed by atoms with Gasteiger partial charge in [0.05, 0.1) is 0 Å². The first-order valence-electron chi connectivity index (χ1n) is 11.9. The molecule has 0 unspecified atom stereocenters. The van der Waals surface area contributed by atoms with Crippen LogP contribution in [0.2, 0.25) is 0 Å². The number of aromatic nitrogens is 4. The first kappa shape index (κ1) is 24.7. The highest BCUT2D eigenvalue weighted by atomic mass is 16.4. The van der Waals surface area contributed by atoms with Gasteiger partial charge in [-0.3, -0.25) is 9.59 Å². The monoisotopic (exact) mass is 486 g/mol. The van der Waals surface area contributed by atoms with Crippen molar-refractivity contribution >= 4 is 11.9 Å². The molecule has 0 saturated carbocycles. The number of pyridine rings is 4. The number of carboxylic acid groups (broad SMARTS) is 2. The number of aryl methyl sites for hydroxylation is 4. The number of aliphatic carboxylic acids is 2. The lowest BCUT2D eigenvalue weighted by atomic mass is 10.1. The van der Waals surface area contributed by atoms with E-state index in [1.807, 2.05) is 58.2 Å². The fraction of sp³-hybridized carbons (Fsp3) is 0.214. The van der Waals surface area contributed by atoms with E-state index in [1.165, 1.54) is 0 Å². The van der Waals surface area contributed by atoms with Gasteiger partial charge < -0.3 is 10.2 Å². The highest BCUT2D eigenvalue weighted by molar-refractivity contribution is 5.66. The summed E-state index contributed by atoms with van der Waals surface area (Å²) in [6, 6.07) is 16.3. The Hall–Kier alpha value is -4.46. The van der Waals surface area contributed by atoms with Gasteiger partial charge in [-0.05, 0) is 22.3 Å². The van der Waals surface area contributed by atoms with E-state index in [-0.39, 0.29) is 12.8 Å². The molecule has 0 atom stereocenters. The summed E-state index contributed by atoms with van der Waals surface area (Å²) < 4.78 is 8.04. The van der Waals surface area contributed by atoms with Crippen LogP contribution in [0.4, 0.5) is 0 Å². The zero-order valence-electron chi connectivity index (χ0n) is 20.0. The maximum absolute atomic E-state index is 10.7. The van der Waals surface area contributed by atoms with Crippen LogP contribution in [0.5, 0.6) is 0 Å². The van der Waals surface area contributed by atoms with E-state index in [0.717, 1.165) is 35.3 Å². The molecule has 4 rings (SSSR count). The summed E-state index contributed by atoms with van der Waals surface area (Å²) in [7, 11) is 0. The van der Waals surface area contributed by atoms with Crippen LogP contribution >= 0.6 is 0 Å². The van der Waals surface area contributed by atoms with Crippen molar-refractivity contribution in [2.75, 3.05) is 0 Å². The van der Waals surface area contributed by atoms with E-state index in [0.29, 0.717) is 13.1 Å². The van der Waals surface area contributed by atoms with Crippen LogP contribution in [0.25, 0.3) is 22.3 Å². The lowest BCUT2D eigenvalue weighted by Gasteiger charge is -2.02. The predicted molar refractivity (Wildman–Crippen MR) is 129 cm³/mol. The Balaban J connectivity index is 1.30. The second-order valence-electron chi connectivity index (χ2n) is 8.59. The molecule has 0 aliphatic heterocycles. The SMILES string of the molecule is O=C(O)CC[n+]1ccc(-c2cc[n+](CC[n+]3ccc(-c4cc[n+](CCC(=O)O)cc4)cc3)cc2)cc1. The fourth-order valence-corrected chi connectivity index (χ4v) is 3.88. The molecule has 182 valence electrons. The fourth-order valence-electron chi connectivity index (χ4n) is 3.88. The Morgan fingerprint density at radius 1 is 0.444 bits per heavy atom. The lowest BCUT2D eigenvalue weighted by Crippen LogP contribution is -2.43. The van der Waals surface area contributed by atoms with Crippen molar-refractivity contribution in [3.05, 3.63) is 98.1 Å². The summed E-state index contributed by atoms with van der Waals surface area (Å²) in [4.78, 5) is 21.4. The molecule has 4 aromatic rings. The molecule has 0 bridgehead atoms. The third-order valence-corrected chi connectivity index (χ3v) is 6.02. The van der Waals surface area contributed by atoms with Crippen LogP contribution in [0.15, 0.2) is 98.1 Å². The molecule has 0 aliphatic carbocycles. The van der Waals surface area contributed by atoms with E-state index < -0.39 is 11.9 Å². The standard InChI is InChI=1S/C28H28N4O4/c33-27(34)9-19-29-11-1-23(2-12-29)25-5-15-31(16-6-25)21-22-32-17-7-26(8-18-32)24-3-13-30(14-4-24)20-10-28(35)36/h1-8,11-18H,9-10,19-22H2/q+2/p+2. The Morgan fingerprint density at radius 3 is 0.889 bits per heavy atom. The smallest absolute Gasteiger partial charge is 0.309 e. The Labute approximate surface area is 209 Å². The largest absolute Gasteiger partial charge is 0.481 e. The minimum atomic E-state index is -0.798. The Bertz CT molecular complexity index is 1200. The molecule has 2 N–H and O–H groups in total. The van der Waals surface area contributed by atoms with Gasteiger partial charge in [0.25, 0.3) is 0 Å². The summed E-state index contributed by atoms with van der Waals surface area (Å²) in [6.45, 7) is 2.60. The second-order valence-corrected chi connectivity index (χ2v) is 8.59. The van der Waals surface area contributed by atoms with Crippen molar-refractivity contribution in [2.45, 2.75) is 39.0 Å². The number of carbonyl (C=O) groups is 2. The minimum absolute atomic E-state index is 0.110. The van der Waals surface area contributed by atoms with Crippen LogP contribution in [0.3, 0.4) is 0 Å². The minimum Gasteiger partial charge on any atom is -0.481 e. The first-order valence-corrected chi connectivity index (χ1v) is 11.9. The molecule has 0 radical (unpaired) electrons. The summed E-state index contributed by atoms with van der Waals surface area (Å²) >= 11 is 0. The van der Waals surface area contributed by atoms with Gasteiger partial charge in [0.15, 0.2) is 62.7 Å². The van der Waals surface area contributed by atoms with Crippen LogP contribution in [0, 0.1) is 0 Å². The first-order chi connectivity index (χ1) is 17.5. The van der Waals surface area contributed by atoms with Gasteiger partial charge in [-0.25, -0.2) is 9.13 Å². The molecule has 36 heavy (non-hydrogen) atoms. The zero-order chi connectivity index (χ0) is 25.3. The summed E-state index contributed by atoms with van der Waals surface area (Å²) in [5.41, 5.74) is 4.40. The third kappa shape index (κ3) is 7.02. The Morgan fingerprint density at radius 2 is 0.667 bits per heavy atom. The average molecular weight is 487 g/mol. The van der Waals surface area contributed by atoms with E-state index >= 15 is 0 Å². The summed E-state index contributed by atoms with van der Waals surface area (Å²) in [6.07, 6.45) is 16.1. The Kier molecular flexibility index (Phi) is 8.08. The van der Waals surface area contributed by atoms with E-state index in [2.05, 4.69) is 58.2 Å². The molecule has 8 heteroatoms. The molecule has 4 aromatic heterocycles. The van der Waals surface area contributed by atoms with Crippen molar-refractivity contribution < 1.29 is 38.1 Å². The van der Waals surface area contributed by atoms with Gasteiger partial charge >= 0.3 is 11.9 Å². The quantitative estimate of drug-likeness (QED) is 0.317. The van der Waals surface area contributed by atoms with Crippen LogP contribution in [0.1, 0.15) is 12.8 Å². The van der Waals surface area contributed by atoms with Crippen LogP contribution in [-0.4, -0.2) is 22.2 Å². The average Bonchev–Trinajstić information content (AvgIpc) is 2.91. The van der Waals surface area contributed by atoms with Crippen molar-refractivity contribution in [3.63, 3.8) is 0 Å². The molecule has 4 heterocycles. The molecule has 8 nitrogen and oxygen atoms in total. The lowest BCUT2D eigenvalue weighted by molar-refractivity contribution is -0.778. The summed E-state index contributed by atoms with van der Waals surface area (Å²) in [5, 5.41) is 17.6. The molecular formula is C28H30N4O4+4. The predicted octanol–water partition coefficient (Wildman–Crippen LogP) is 1.82. The van der Waals surface area contributed by atoms with Crippen molar-refractivity contribution in [1.29, 1.82) is 0 Å². The molecule has 0 aliphatic rings.